The Kier molecular flexibility index (Phi) is 7.30. The van der Waals surface area contributed by atoms with Gasteiger partial charge in [-0.3, -0.25) is 9.59 Å². The smallest absolute Gasteiger partial charge is 0.407 e. The maximum atomic E-state index is 14.5. The maximum Gasteiger partial charge on any atom is 0.407 e. The second-order valence-corrected chi connectivity index (χ2v) is 7.97. The predicted octanol–water partition coefficient (Wildman–Crippen LogP) is 3.87. The van der Waals surface area contributed by atoms with E-state index >= 15 is 0 Å². The van der Waals surface area contributed by atoms with Gasteiger partial charge in [-0.2, -0.15) is 8.78 Å². The fourth-order valence-electron chi connectivity index (χ4n) is 3.91. The van der Waals surface area contributed by atoms with E-state index in [0.29, 0.717) is 11.3 Å². The predicted molar refractivity (Wildman–Crippen MR) is 117 cm³/mol. The number of aliphatic carboxylic acids is 1. The van der Waals surface area contributed by atoms with Gasteiger partial charge in [-0.15, -0.1) is 0 Å². The molecule has 0 saturated heterocycles. The molecule has 0 saturated carbocycles. The highest BCUT2D eigenvalue weighted by atomic mass is 19.3. The number of carboxylic acids is 1. The van der Waals surface area contributed by atoms with Crippen LogP contribution in [0.3, 0.4) is 0 Å². The molecule has 0 aromatic heterocycles. The number of fused-ring (bicyclic) bond motifs is 3. The number of carboxylic acid groups (broad SMARTS) is 1. The largest absolute Gasteiger partial charge is 0.480 e. The lowest BCUT2D eigenvalue weighted by atomic mass is 9.98. The number of amides is 2. The molecule has 0 spiro atoms. The number of ether oxygens (including phenoxy) is 1. The van der Waals surface area contributed by atoms with Crippen LogP contribution in [0.15, 0.2) is 48.5 Å². The molecule has 0 aliphatic heterocycles. The lowest BCUT2D eigenvalue weighted by Crippen LogP contribution is -2.53. The van der Waals surface area contributed by atoms with Gasteiger partial charge in [-0.1, -0.05) is 55.5 Å². The Balaban J connectivity index is 1.61. The van der Waals surface area contributed by atoms with Crippen LogP contribution in [-0.2, 0) is 14.3 Å². The highest BCUT2D eigenvalue weighted by molar-refractivity contribution is 5.87. The van der Waals surface area contributed by atoms with Gasteiger partial charge >= 0.3 is 18.0 Å². The van der Waals surface area contributed by atoms with Crippen molar-refractivity contribution in [2.75, 3.05) is 19.7 Å². The van der Waals surface area contributed by atoms with Crippen molar-refractivity contribution < 1.29 is 33.0 Å². The average molecular weight is 460 g/mol. The first kappa shape index (κ1) is 24.2. The van der Waals surface area contributed by atoms with Crippen LogP contribution < -0.4 is 5.32 Å². The molecule has 33 heavy (non-hydrogen) atoms. The summed E-state index contributed by atoms with van der Waals surface area (Å²) in [4.78, 5) is 36.0. The Labute approximate surface area is 190 Å². The summed E-state index contributed by atoms with van der Waals surface area (Å²) < 4.78 is 34.1. The summed E-state index contributed by atoms with van der Waals surface area (Å²) in [5.74, 6) is -7.27. The van der Waals surface area contributed by atoms with Gasteiger partial charge in [0, 0.05) is 12.0 Å². The molecule has 0 fully saturated rings. The lowest BCUT2D eigenvalue weighted by Gasteiger charge is -2.30. The van der Waals surface area contributed by atoms with Gasteiger partial charge < -0.3 is 20.1 Å². The summed E-state index contributed by atoms with van der Waals surface area (Å²) in [5.41, 5.74) is 4.01. The lowest BCUT2D eigenvalue weighted by molar-refractivity contribution is -0.162. The Morgan fingerprint density at radius 3 is 2.15 bits per heavy atom. The fourth-order valence-corrected chi connectivity index (χ4v) is 3.91. The Bertz CT molecular complexity index is 998. The summed E-state index contributed by atoms with van der Waals surface area (Å²) in [5, 5.41) is 10.9. The molecule has 1 aliphatic rings. The van der Waals surface area contributed by atoms with Gasteiger partial charge in [0.15, 0.2) is 0 Å². The molecule has 2 N–H and O–H groups in total. The number of hydrogen-bond donors (Lipinski definition) is 2. The number of rotatable bonds is 9. The minimum atomic E-state index is -3.98. The quantitative estimate of drug-likeness (QED) is 0.592. The van der Waals surface area contributed by atoms with E-state index in [4.69, 9.17) is 9.84 Å². The monoisotopic (exact) mass is 460 g/mol. The molecule has 176 valence electrons. The number of benzene rings is 2. The van der Waals surface area contributed by atoms with Gasteiger partial charge in [0.1, 0.15) is 13.2 Å². The van der Waals surface area contributed by atoms with E-state index in [1.54, 1.807) is 6.92 Å². The zero-order valence-electron chi connectivity index (χ0n) is 18.4. The van der Waals surface area contributed by atoms with Gasteiger partial charge in [0.2, 0.25) is 0 Å². The van der Waals surface area contributed by atoms with Crippen molar-refractivity contribution >= 4 is 18.0 Å². The van der Waals surface area contributed by atoms with E-state index in [9.17, 15) is 23.2 Å². The first-order chi connectivity index (χ1) is 15.7. The number of nitrogens with zero attached hydrogens (tertiary/aromatic N) is 1. The van der Waals surface area contributed by atoms with Gasteiger partial charge in [-0.05, 0) is 35.6 Å². The first-order valence-electron chi connectivity index (χ1n) is 10.6. The zero-order chi connectivity index (χ0) is 24.2. The molecule has 0 radical (unpaired) electrons. The summed E-state index contributed by atoms with van der Waals surface area (Å²) >= 11 is 0. The SMILES string of the molecule is CCC(C)N(CC(=O)O)C(=O)C(F)(F)CNC(=O)OCC1c2ccccc2-c2ccccc21. The van der Waals surface area contributed by atoms with Gasteiger partial charge in [0.25, 0.3) is 5.91 Å². The molecular formula is C24H26F2N2O5. The van der Waals surface area contributed by atoms with Crippen molar-refractivity contribution in [3.8, 4) is 11.1 Å². The van der Waals surface area contributed by atoms with E-state index in [1.165, 1.54) is 6.92 Å². The minimum Gasteiger partial charge on any atom is -0.480 e. The van der Waals surface area contributed by atoms with Crippen LogP contribution >= 0.6 is 0 Å². The highest BCUT2D eigenvalue weighted by Gasteiger charge is 2.44. The molecular weight excluding hydrogens is 434 g/mol. The number of halogens is 2. The van der Waals surface area contributed by atoms with Crippen molar-refractivity contribution in [1.29, 1.82) is 0 Å². The van der Waals surface area contributed by atoms with E-state index in [0.717, 1.165) is 22.3 Å². The summed E-state index contributed by atoms with van der Waals surface area (Å²) in [6.45, 7) is 0.927. The van der Waals surface area contributed by atoms with Crippen molar-refractivity contribution in [2.24, 2.45) is 0 Å². The number of carbonyl (C=O) groups excluding carboxylic acids is 2. The van der Waals surface area contributed by atoms with E-state index in [2.05, 4.69) is 0 Å². The number of alkyl carbamates (subject to hydrolysis) is 1. The molecule has 2 amide bonds. The molecule has 3 rings (SSSR count). The van der Waals surface area contributed by atoms with Crippen molar-refractivity contribution in [3.63, 3.8) is 0 Å². The number of carbonyl (C=O) groups is 3. The van der Waals surface area contributed by atoms with Crippen molar-refractivity contribution in [3.05, 3.63) is 59.7 Å². The zero-order valence-corrected chi connectivity index (χ0v) is 18.4. The van der Waals surface area contributed by atoms with Crippen molar-refractivity contribution in [2.45, 2.75) is 38.2 Å². The maximum absolute atomic E-state index is 14.5. The van der Waals surface area contributed by atoms with Crippen LogP contribution in [0.1, 0.15) is 37.3 Å². The van der Waals surface area contributed by atoms with E-state index in [-0.39, 0.29) is 12.5 Å². The van der Waals surface area contributed by atoms with Crippen LogP contribution in [0.4, 0.5) is 13.6 Å². The standard InChI is InChI=1S/C24H26F2N2O5/c1-3-15(2)28(12-21(29)30)22(31)24(25,26)14-27-23(32)33-13-20-18-10-6-4-8-16(18)17-9-5-7-11-19(17)20/h4-11,15,20H,3,12-14H2,1-2H3,(H,27,32)(H,29,30). The second kappa shape index (κ2) is 9.97. The van der Waals surface area contributed by atoms with Gasteiger partial charge in [0.05, 0.1) is 6.54 Å². The molecule has 9 heteroatoms. The Morgan fingerprint density at radius 2 is 1.64 bits per heavy atom. The molecule has 0 bridgehead atoms. The van der Waals surface area contributed by atoms with E-state index in [1.807, 2.05) is 53.8 Å². The Morgan fingerprint density at radius 1 is 1.09 bits per heavy atom. The van der Waals surface area contributed by atoms with Crippen LogP contribution in [0.2, 0.25) is 0 Å². The normalized spacial score (nSPS) is 13.6. The topological polar surface area (TPSA) is 95.9 Å². The molecule has 0 heterocycles. The Hall–Kier alpha value is -3.49. The number of nitrogens with one attached hydrogen (secondary N) is 1. The summed E-state index contributed by atoms with van der Waals surface area (Å²) in [7, 11) is 0. The molecule has 1 aliphatic carbocycles. The van der Waals surface area contributed by atoms with Crippen molar-refractivity contribution in [1.82, 2.24) is 10.2 Å². The number of alkyl halides is 2. The molecule has 1 unspecified atom stereocenters. The molecule has 2 aromatic carbocycles. The average Bonchev–Trinajstić information content (AvgIpc) is 3.12. The third-order valence-corrected chi connectivity index (χ3v) is 5.80. The molecule has 2 aromatic rings. The minimum absolute atomic E-state index is 0.0581. The number of hydrogen-bond acceptors (Lipinski definition) is 4. The highest BCUT2D eigenvalue weighted by Crippen LogP contribution is 2.44. The van der Waals surface area contributed by atoms with Crippen LogP contribution in [0, 0.1) is 0 Å². The van der Waals surface area contributed by atoms with Gasteiger partial charge in [-0.25, -0.2) is 4.79 Å². The second-order valence-electron chi connectivity index (χ2n) is 7.97. The fraction of sp³-hybridized carbons (Fsp3) is 0.375. The van der Waals surface area contributed by atoms with Crippen LogP contribution in [-0.4, -0.2) is 59.6 Å². The van der Waals surface area contributed by atoms with E-state index < -0.39 is 43.0 Å². The molecule has 7 nitrogen and oxygen atoms in total. The third kappa shape index (κ3) is 5.30. The summed E-state index contributed by atoms with van der Waals surface area (Å²) in [6.07, 6.45) is -0.785. The summed E-state index contributed by atoms with van der Waals surface area (Å²) in [6, 6.07) is 14.7. The van der Waals surface area contributed by atoms with Crippen LogP contribution in [0.25, 0.3) is 11.1 Å². The molecule has 1 atom stereocenters. The first-order valence-corrected chi connectivity index (χ1v) is 10.6. The van der Waals surface area contributed by atoms with Crippen LogP contribution in [0.5, 0.6) is 0 Å². The third-order valence-electron chi connectivity index (χ3n) is 5.80.